The fourth-order valence-corrected chi connectivity index (χ4v) is 2.48. The van der Waals surface area contributed by atoms with Gasteiger partial charge in [-0.15, -0.1) is 0 Å². The average Bonchev–Trinajstić information content (AvgIpc) is 2.54. The molecule has 0 atom stereocenters. The van der Waals surface area contributed by atoms with E-state index < -0.39 is 0 Å². The number of carbonyl (C=O) groups is 1. The standard InChI is InChI=1S/C18H17N3O/c1-21(12-13-5-3-2-4-6-13)18(22)17-16-8-7-15(19)11-14(16)9-10-20-17/h2-11H,12,19H2,1H3. The maximum Gasteiger partial charge on any atom is 0.273 e. The summed E-state index contributed by atoms with van der Waals surface area (Å²) in [6, 6.07) is 17.2. The summed E-state index contributed by atoms with van der Waals surface area (Å²) in [5.41, 5.74) is 8.01. The maximum absolute atomic E-state index is 12.7. The zero-order chi connectivity index (χ0) is 15.5. The molecule has 0 saturated carbocycles. The minimum absolute atomic E-state index is 0.0979. The fourth-order valence-electron chi connectivity index (χ4n) is 2.48. The lowest BCUT2D eigenvalue weighted by molar-refractivity contribution is 0.0781. The van der Waals surface area contributed by atoms with Gasteiger partial charge < -0.3 is 10.6 Å². The largest absolute Gasteiger partial charge is 0.399 e. The molecule has 2 aromatic carbocycles. The van der Waals surface area contributed by atoms with Crippen molar-refractivity contribution in [3.63, 3.8) is 0 Å². The van der Waals surface area contributed by atoms with Crippen molar-refractivity contribution in [3.8, 4) is 0 Å². The van der Waals surface area contributed by atoms with Gasteiger partial charge in [0, 0.05) is 30.9 Å². The molecule has 4 heteroatoms. The SMILES string of the molecule is CN(Cc1ccccc1)C(=O)c1nccc2cc(N)ccc12. The van der Waals surface area contributed by atoms with Crippen LogP contribution in [0.4, 0.5) is 5.69 Å². The molecule has 3 aromatic rings. The van der Waals surface area contributed by atoms with Crippen molar-refractivity contribution in [2.75, 3.05) is 12.8 Å². The number of benzene rings is 2. The van der Waals surface area contributed by atoms with E-state index in [0.717, 1.165) is 16.3 Å². The number of hydrogen-bond donors (Lipinski definition) is 1. The Kier molecular flexibility index (Phi) is 3.74. The van der Waals surface area contributed by atoms with E-state index in [2.05, 4.69) is 4.98 Å². The first kappa shape index (κ1) is 14.1. The summed E-state index contributed by atoms with van der Waals surface area (Å²) in [7, 11) is 1.78. The minimum Gasteiger partial charge on any atom is -0.399 e. The molecule has 3 rings (SSSR count). The third-order valence-corrected chi connectivity index (χ3v) is 3.60. The Bertz CT molecular complexity index is 815. The Morgan fingerprint density at radius 3 is 2.68 bits per heavy atom. The number of nitrogens with two attached hydrogens (primary N) is 1. The van der Waals surface area contributed by atoms with Crippen LogP contribution in [0.2, 0.25) is 0 Å². The molecule has 0 aliphatic rings. The molecule has 4 nitrogen and oxygen atoms in total. The van der Waals surface area contributed by atoms with Crippen LogP contribution in [0.15, 0.2) is 60.8 Å². The summed E-state index contributed by atoms with van der Waals surface area (Å²) in [6.45, 7) is 0.548. The summed E-state index contributed by atoms with van der Waals surface area (Å²) in [5.74, 6) is -0.0979. The Hall–Kier alpha value is -2.88. The van der Waals surface area contributed by atoms with Crippen LogP contribution in [0, 0.1) is 0 Å². The van der Waals surface area contributed by atoms with Crippen molar-refractivity contribution in [2.24, 2.45) is 0 Å². The van der Waals surface area contributed by atoms with E-state index in [9.17, 15) is 4.79 Å². The third kappa shape index (κ3) is 2.76. The van der Waals surface area contributed by atoms with E-state index in [4.69, 9.17) is 5.73 Å². The summed E-state index contributed by atoms with van der Waals surface area (Å²) < 4.78 is 0. The number of amides is 1. The van der Waals surface area contributed by atoms with Gasteiger partial charge in [0.15, 0.2) is 0 Å². The van der Waals surface area contributed by atoms with Crippen LogP contribution in [0.25, 0.3) is 10.8 Å². The number of nitrogens with zero attached hydrogens (tertiary/aromatic N) is 2. The molecule has 22 heavy (non-hydrogen) atoms. The quantitative estimate of drug-likeness (QED) is 0.754. The zero-order valence-corrected chi connectivity index (χ0v) is 12.4. The van der Waals surface area contributed by atoms with Gasteiger partial charge in [-0.25, -0.2) is 0 Å². The highest BCUT2D eigenvalue weighted by atomic mass is 16.2. The van der Waals surface area contributed by atoms with Gasteiger partial charge in [-0.3, -0.25) is 9.78 Å². The van der Waals surface area contributed by atoms with Crippen molar-refractivity contribution in [3.05, 3.63) is 72.1 Å². The topological polar surface area (TPSA) is 59.2 Å². The molecule has 110 valence electrons. The van der Waals surface area contributed by atoms with Crippen molar-refractivity contribution in [2.45, 2.75) is 6.54 Å². The number of fused-ring (bicyclic) bond motifs is 1. The number of anilines is 1. The molecule has 0 saturated heterocycles. The zero-order valence-electron chi connectivity index (χ0n) is 12.4. The number of pyridine rings is 1. The fraction of sp³-hybridized carbons (Fsp3) is 0.111. The monoisotopic (exact) mass is 291 g/mol. The van der Waals surface area contributed by atoms with E-state index in [0.29, 0.717) is 17.9 Å². The molecule has 0 radical (unpaired) electrons. The second kappa shape index (κ2) is 5.85. The molecule has 0 fully saturated rings. The van der Waals surface area contributed by atoms with Gasteiger partial charge >= 0.3 is 0 Å². The predicted octanol–water partition coefficient (Wildman–Crippen LogP) is 3.09. The minimum atomic E-state index is -0.0979. The van der Waals surface area contributed by atoms with Gasteiger partial charge in [0.1, 0.15) is 5.69 Å². The van der Waals surface area contributed by atoms with E-state index in [1.54, 1.807) is 24.2 Å². The van der Waals surface area contributed by atoms with E-state index in [-0.39, 0.29) is 5.91 Å². The van der Waals surface area contributed by atoms with Crippen LogP contribution in [-0.4, -0.2) is 22.8 Å². The normalized spacial score (nSPS) is 10.6. The Morgan fingerprint density at radius 2 is 1.91 bits per heavy atom. The molecule has 1 amide bonds. The van der Waals surface area contributed by atoms with Crippen LogP contribution in [0.5, 0.6) is 0 Å². The second-order valence-corrected chi connectivity index (χ2v) is 5.29. The first-order valence-corrected chi connectivity index (χ1v) is 7.09. The molecular weight excluding hydrogens is 274 g/mol. The molecule has 1 aromatic heterocycles. The lowest BCUT2D eigenvalue weighted by Crippen LogP contribution is -2.27. The molecule has 0 unspecified atom stereocenters. The molecule has 0 aliphatic heterocycles. The van der Waals surface area contributed by atoms with Crippen molar-refractivity contribution in [1.82, 2.24) is 9.88 Å². The molecule has 0 aliphatic carbocycles. The van der Waals surface area contributed by atoms with Gasteiger partial charge in [-0.05, 0) is 35.2 Å². The van der Waals surface area contributed by atoms with Gasteiger partial charge in [0.2, 0.25) is 0 Å². The van der Waals surface area contributed by atoms with Gasteiger partial charge in [0.05, 0.1) is 0 Å². The highest BCUT2D eigenvalue weighted by Crippen LogP contribution is 2.21. The van der Waals surface area contributed by atoms with Crippen molar-refractivity contribution < 1.29 is 4.79 Å². The van der Waals surface area contributed by atoms with E-state index >= 15 is 0 Å². The lowest BCUT2D eigenvalue weighted by atomic mass is 10.1. The number of carbonyl (C=O) groups excluding carboxylic acids is 1. The van der Waals surface area contributed by atoms with Gasteiger partial charge in [0.25, 0.3) is 5.91 Å². The average molecular weight is 291 g/mol. The number of aromatic nitrogens is 1. The van der Waals surface area contributed by atoms with Crippen LogP contribution in [0.3, 0.4) is 0 Å². The van der Waals surface area contributed by atoms with E-state index in [1.165, 1.54) is 0 Å². The van der Waals surface area contributed by atoms with Gasteiger partial charge in [-0.1, -0.05) is 30.3 Å². The van der Waals surface area contributed by atoms with Crippen LogP contribution < -0.4 is 5.73 Å². The first-order chi connectivity index (χ1) is 10.6. The number of rotatable bonds is 3. The molecule has 0 bridgehead atoms. The molecule has 2 N–H and O–H groups in total. The lowest BCUT2D eigenvalue weighted by Gasteiger charge is -2.17. The number of nitrogen functional groups attached to an aromatic ring is 1. The summed E-state index contributed by atoms with van der Waals surface area (Å²) in [4.78, 5) is 18.6. The predicted molar refractivity (Wildman–Crippen MR) is 88.4 cm³/mol. The van der Waals surface area contributed by atoms with Crippen LogP contribution >= 0.6 is 0 Å². The highest BCUT2D eigenvalue weighted by Gasteiger charge is 2.16. The number of hydrogen-bond acceptors (Lipinski definition) is 3. The van der Waals surface area contributed by atoms with Crippen molar-refractivity contribution in [1.29, 1.82) is 0 Å². The van der Waals surface area contributed by atoms with Crippen LogP contribution in [-0.2, 0) is 6.54 Å². The second-order valence-electron chi connectivity index (χ2n) is 5.29. The Balaban J connectivity index is 1.92. The van der Waals surface area contributed by atoms with Gasteiger partial charge in [-0.2, -0.15) is 0 Å². The summed E-state index contributed by atoms with van der Waals surface area (Å²) in [6.07, 6.45) is 1.64. The smallest absolute Gasteiger partial charge is 0.273 e. The molecule has 0 spiro atoms. The summed E-state index contributed by atoms with van der Waals surface area (Å²) in [5, 5.41) is 1.74. The Morgan fingerprint density at radius 1 is 1.14 bits per heavy atom. The van der Waals surface area contributed by atoms with Crippen LogP contribution in [0.1, 0.15) is 16.1 Å². The summed E-state index contributed by atoms with van der Waals surface area (Å²) >= 11 is 0. The van der Waals surface area contributed by atoms with E-state index in [1.807, 2.05) is 48.5 Å². The first-order valence-electron chi connectivity index (χ1n) is 7.09. The maximum atomic E-state index is 12.7. The van der Waals surface area contributed by atoms with Crippen molar-refractivity contribution >= 4 is 22.4 Å². The molecular formula is C18H17N3O. The third-order valence-electron chi connectivity index (χ3n) is 3.60. The molecule has 1 heterocycles. The highest BCUT2D eigenvalue weighted by molar-refractivity contribution is 6.05. The Labute approximate surface area is 129 Å².